The lowest BCUT2D eigenvalue weighted by Gasteiger charge is -2.13. The van der Waals surface area contributed by atoms with Crippen molar-refractivity contribution in [3.63, 3.8) is 0 Å². The molecule has 0 aliphatic carbocycles. The van der Waals surface area contributed by atoms with Crippen LogP contribution in [-0.2, 0) is 0 Å². The fourth-order valence-corrected chi connectivity index (χ4v) is 4.12. The first-order chi connectivity index (χ1) is 14.4. The molecule has 140 valence electrons. The highest BCUT2D eigenvalue weighted by molar-refractivity contribution is 6.13. The molecule has 3 heteroatoms. The van der Waals surface area contributed by atoms with Crippen LogP contribution in [0.5, 0.6) is 0 Å². The Morgan fingerprint density at radius 1 is 0.586 bits per heavy atom. The lowest BCUT2D eigenvalue weighted by Crippen LogP contribution is -1.97. The fraction of sp³-hybridized carbons (Fsp3) is 0.0769. The van der Waals surface area contributed by atoms with Crippen LogP contribution in [0.25, 0.3) is 49.3 Å². The number of benzene rings is 3. The number of pyridine rings is 2. The summed E-state index contributed by atoms with van der Waals surface area (Å²) < 4.78 is 2.35. The summed E-state index contributed by atoms with van der Waals surface area (Å²) in [6, 6.07) is 27.6. The molecule has 0 aliphatic heterocycles. The zero-order chi connectivity index (χ0) is 19.8. The number of para-hydroxylation sites is 2. The van der Waals surface area contributed by atoms with Crippen LogP contribution in [0.2, 0.25) is 0 Å². The molecule has 3 aromatic heterocycles. The van der Waals surface area contributed by atoms with Crippen LogP contribution in [-0.4, -0.2) is 14.5 Å². The van der Waals surface area contributed by atoms with Gasteiger partial charge in [0.1, 0.15) is 0 Å². The third-order valence-electron chi connectivity index (χ3n) is 5.26. The average molecular weight is 375 g/mol. The van der Waals surface area contributed by atoms with Gasteiger partial charge in [-0.15, -0.1) is 0 Å². The molecule has 0 spiro atoms. The van der Waals surface area contributed by atoms with E-state index in [0.29, 0.717) is 0 Å². The van der Waals surface area contributed by atoms with E-state index in [1.54, 1.807) is 0 Å². The largest absolute Gasteiger partial charge is 0.309 e. The Balaban J connectivity index is 0.000000882. The Kier molecular flexibility index (Phi) is 4.21. The third-order valence-corrected chi connectivity index (χ3v) is 5.26. The van der Waals surface area contributed by atoms with Crippen molar-refractivity contribution < 1.29 is 0 Å². The monoisotopic (exact) mass is 375 g/mol. The van der Waals surface area contributed by atoms with Crippen molar-refractivity contribution in [2.75, 3.05) is 0 Å². The SMILES string of the molecule is CC.c1cnc2c(c1)cc(-n1c3ccccc3c3ccccc31)c1cccnc12. The Morgan fingerprint density at radius 2 is 1.14 bits per heavy atom. The van der Waals surface area contributed by atoms with Crippen molar-refractivity contribution in [1.29, 1.82) is 0 Å². The molecule has 3 heterocycles. The van der Waals surface area contributed by atoms with Crippen LogP contribution < -0.4 is 0 Å². The van der Waals surface area contributed by atoms with Gasteiger partial charge in [-0.05, 0) is 36.4 Å². The van der Waals surface area contributed by atoms with E-state index in [0.717, 1.165) is 27.5 Å². The van der Waals surface area contributed by atoms with Crippen LogP contribution in [0.1, 0.15) is 13.8 Å². The van der Waals surface area contributed by atoms with Crippen molar-refractivity contribution in [3.8, 4) is 5.69 Å². The highest BCUT2D eigenvalue weighted by atomic mass is 15.0. The summed E-state index contributed by atoms with van der Waals surface area (Å²) >= 11 is 0. The van der Waals surface area contributed by atoms with Gasteiger partial charge in [0.25, 0.3) is 0 Å². The summed E-state index contributed by atoms with van der Waals surface area (Å²) in [5, 5.41) is 4.73. The maximum absolute atomic E-state index is 4.66. The summed E-state index contributed by atoms with van der Waals surface area (Å²) in [7, 11) is 0. The lowest BCUT2D eigenvalue weighted by atomic mass is 10.1. The second-order valence-electron chi connectivity index (χ2n) is 6.74. The van der Waals surface area contributed by atoms with Crippen LogP contribution in [0.4, 0.5) is 0 Å². The Bertz CT molecular complexity index is 1420. The van der Waals surface area contributed by atoms with Crippen molar-refractivity contribution in [1.82, 2.24) is 14.5 Å². The lowest BCUT2D eigenvalue weighted by molar-refractivity contribution is 1.20. The van der Waals surface area contributed by atoms with E-state index in [-0.39, 0.29) is 0 Å². The van der Waals surface area contributed by atoms with E-state index < -0.39 is 0 Å². The molecule has 0 unspecified atom stereocenters. The topological polar surface area (TPSA) is 30.7 Å². The van der Waals surface area contributed by atoms with Crippen LogP contribution in [0.3, 0.4) is 0 Å². The van der Waals surface area contributed by atoms with E-state index in [4.69, 9.17) is 0 Å². The van der Waals surface area contributed by atoms with Crippen LogP contribution in [0.15, 0.2) is 91.3 Å². The molecule has 0 radical (unpaired) electrons. The maximum Gasteiger partial charge on any atom is 0.0985 e. The standard InChI is InChI=1S/C24H15N3.C2H6/c1-3-11-20-17(8-1)18-9-2-4-12-21(18)27(20)22-15-16-7-5-13-25-23(16)24-19(22)10-6-14-26-24;1-2/h1-15H;1-2H3. The molecule has 0 fully saturated rings. The van der Waals surface area contributed by atoms with Crippen molar-refractivity contribution in [2.45, 2.75) is 13.8 Å². The van der Waals surface area contributed by atoms with Crippen molar-refractivity contribution >= 4 is 43.6 Å². The van der Waals surface area contributed by atoms with E-state index in [9.17, 15) is 0 Å². The predicted molar refractivity (Wildman–Crippen MR) is 123 cm³/mol. The highest BCUT2D eigenvalue weighted by Gasteiger charge is 2.15. The van der Waals surface area contributed by atoms with E-state index in [1.165, 1.54) is 21.8 Å². The second kappa shape index (κ2) is 7.02. The first-order valence-corrected chi connectivity index (χ1v) is 10.0. The number of rotatable bonds is 1. The van der Waals surface area contributed by atoms with E-state index in [1.807, 2.05) is 38.4 Å². The van der Waals surface area contributed by atoms with Gasteiger partial charge in [0, 0.05) is 33.9 Å². The van der Waals surface area contributed by atoms with Gasteiger partial charge in [0.05, 0.1) is 27.8 Å². The molecule has 29 heavy (non-hydrogen) atoms. The van der Waals surface area contributed by atoms with Gasteiger partial charge in [-0.2, -0.15) is 0 Å². The normalized spacial score (nSPS) is 11.1. The Morgan fingerprint density at radius 3 is 1.83 bits per heavy atom. The van der Waals surface area contributed by atoms with Gasteiger partial charge >= 0.3 is 0 Å². The van der Waals surface area contributed by atoms with Crippen molar-refractivity contribution in [2.24, 2.45) is 0 Å². The number of hydrogen-bond donors (Lipinski definition) is 0. The molecule has 0 N–H and O–H groups in total. The van der Waals surface area contributed by atoms with E-state index >= 15 is 0 Å². The average Bonchev–Trinajstić information content (AvgIpc) is 3.14. The number of fused-ring (bicyclic) bond motifs is 6. The molecule has 0 saturated carbocycles. The number of nitrogens with zero attached hydrogens (tertiary/aromatic N) is 3. The Hall–Kier alpha value is -3.72. The fourth-order valence-electron chi connectivity index (χ4n) is 4.12. The minimum absolute atomic E-state index is 0.937. The van der Waals surface area contributed by atoms with Gasteiger partial charge in [0.15, 0.2) is 0 Å². The molecule has 3 nitrogen and oxygen atoms in total. The molecule has 0 saturated heterocycles. The zero-order valence-electron chi connectivity index (χ0n) is 16.5. The smallest absolute Gasteiger partial charge is 0.0985 e. The summed E-state index contributed by atoms with van der Waals surface area (Å²) in [5.41, 5.74) is 5.42. The van der Waals surface area contributed by atoms with Crippen LogP contribution in [0, 0.1) is 0 Å². The van der Waals surface area contributed by atoms with Gasteiger partial charge in [-0.1, -0.05) is 56.3 Å². The van der Waals surface area contributed by atoms with Gasteiger partial charge in [0.2, 0.25) is 0 Å². The predicted octanol–water partition coefficient (Wildman–Crippen LogP) is 6.91. The molecule has 0 atom stereocenters. The van der Waals surface area contributed by atoms with Gasteiger partial charge in [-0.3, -0.25) is 9.97 Å². The molecule has 3 aromatic carbocycles. The minimum Gasteiger partial charge on any atom is -0.309 e. The van der Waals surface area contributed by atoms with E-state index in [2.05, 4.69) is 81.3 Å². The zero-order valence-corrected chi connectivity index (χ0v) is 16.5. The molecular weight excluding hydrogens is 354 g/mol. The molecule has 6 aromatic rings. The highest BCUT2D eigenvalue weighted by Crippen LogP contribution is 2.36. The summed E-state index contributed by atoms with van der Waals surface area (Å²) in [5.74, 6) is 0. The summed E-state index contributed by atoms with van der Waals surface area (Å²) in [4.78, 5) is 9.25. The second-order valence-corrected chi connectivity index (χ2v) is 6.74. The Labute approximate surface area is 169 Å². The first-order valence-electron chi connectivity index (χ1n) is 10.0. The first kappa shape index (κ1) is 17.4. The maximum atomic E-state index is 4.66. The summed E-state index contributed by atoms with van der Waals surface area (Å²) in [6.45, 7) is 4.00. The third kappa shape index (κ3) is 2.59. The molecular formula is C26H21N3. The minimum atomic E-state index is 0.937. The quantitative estimate of drug-likeness (QED) is 0.292. The number of hydrogen-bond acceptors (Lipinski definition) is 2. The van der Waals surface area contributed by atoms with Crippen LogP contribution >= 0.6 is 0 Å². The molecule has 0 amide bonds. The van der Waals surface area contributed by atoms with Gasteiger partial charge in [-0.25, -0.2) is 0 Å². The molecule has 0 aliphatic rings. The molecule has 0 bridgehead atoms. The number of aromatic nitrogens is 3. The summed E-state index contributed by atoms with van der Waals surface area (Å²) in [6.07, 6.45) is 3.67. The van der Waals surface area contributed by atoms with Crippen molar-refractivity contribution in [3.05, 3.63) is 91.3 Å². The molecule has 6 rings (SSSR count). The van der Waals surface area contributed by atoms with Gasteiger partial charge < -0.3 is 4.57 Å².